The standard InChI is InChI=1S/C100H87BN2/c1-98(2,3)69-32-35-72(36-33-69)102-87-39-34-71(99(4,5)6)52-85(87)101-86-53-84-79-20-10-8-16-75(79)77-18-12-14-22-81(77)93(84)95-94-88(40-38-82-78-19-9-7-15-74(78)76-17-11-13-21-80(76)92(82)94)103(97(86)95)90-51-66(50-89(102)96(90)101)73-37-29-65(62-27-30-70(31-28-62)100-54-59-42-60(55-100)44-61(43-59)56-100)49-83(73)63-23-25-64(26-24-63)91-67-45-57-41-58(47-67)48-68(91)46-57/h7-40,49-53,57-61,67-68,91H,41-48,54-56H2,1-6H3. The molecule has 0 spiro atoms. The van der Waals surface area contributed by atoms with E-state index in [1.165, 1.54) is 241 Å². The van der Waals surface area contributed by atoms with Crippen molar-refractivity contribution >= 4 is 127 Å². The maximum Gasteiger partial charge on any atom is 0.252 e. The van der Waals surface area contributed by atoms with Gasteiger partial charge in [0.25, 0.3) is 6.71 Å². The summed E-state index contributed by atoms with van der Waals surface area (Å²) in [6.07, 6.45) is 15.7. The van der Waals surface area contributed by atoms with Crippen LogP contribution in [-0.2, 0) is 16.2 Å². The van der Waals surface area contributed by atoms with Crippen LogP contribution in [0.1, 0.15) is 140 Å². The number of nitrogens with zero attached hydrogens (tertiary/aromatic N) is 2. The average molecular weight is 1330 g/mol. The maximum atomic E-state index is 2.80. The number of hydrogen-bond acceptors (Lipinski definition) is 1. The van der Waals surface area contributed by atoms with Gasteiger partial charge in [-0.3, -0.25) is 0 Å². The van der Waals surface area contributed by atoms with Gasteiger partial charge in [0.15, 0.2) is 0 Å². The van der Waals surface area contributed by atoms with Gasteiger partial charge in [0.1, 0.15) is 0 Å². The lowest BCUT2D eigenvalue weighted by atomic mass is 9.33. The fourth-order valence-electron chi connectivity index (χ4n) is 24.5. The van der Waals surface area contributed by atoms with Gasteiger partial charge in [-0.15, -0.1) is 0 Å². The summed E-state index contributed by atoms with van der Waals surface area (Å²) in [4.78, 5) is 2.68. The van der Waals surface area contributed by atoms with Crippen LogP contribution in [0.15, 0.2) is 237 Å². The average Bonchev–Trinajstić information content (AvgIpc) is 1.52. The van der Waals surface area contributed by atoms with Crippen LogP contribution in [0, 0.1) is 41.4 Å². The molecule has 2 nitrogen and oxygen atoms in total. The Morgan fingerprint density at radius 2 is 0.854 bits per heavy atom. The number of benzene rings is 14. The summed E-state index contributed by atoms with van der Waals surface area (Å²) in [6.45, 7) is 14.1. The van der Waals surface area contributed by atoms with Gasteiger partial charge in [0, 0.05) is 44.3 Å². The van der Waals surface area contributed by atoms with Gasteiger partial charge in [0.2, 0.25) is 0 Å². The van der Waals surface area contributed by atoms with Crippen LogP contribution < -0.4 is 21.3 Å². The Balaban J connectivity index is 0.835. The molecule has 0 atom stereocenters. The summed E-state index contributed by atoms with van der Waals surface area (Å²) in [5.41, 5.74) is 25.3. The van der Waals surface area contributed by atoms with Gasteiger partial charge in [-0.2, -0.15) is 0 Å². The van der Waals surface area contributed by atoms with Gasteiger partial charge in [-0.1, -0.05) is 236 Å². The third kappa shape index (κ3) is 8.57. The molecule has 8 aliphatic carbocycles. The topological polar surface area (TPSA) is 8.17 Å². The predicted octanol–water partition coefficient (Wildman–Crippen LogP) is 24.9. The van der Waals surface area contributed by atoms with Gasteiger partial charge >= 0.3 is 0 Å². The van der Waals surface area contributed by atoms with Crippen molar-refractivity contribution in [1.29, 1.82) is 0 Å². The molecule has 103 heavy (non-hydrogen) atoms. The SMILES string of the molecule is CC(C)(C)c1ccc(N2c3ccc(C(C)(C)C)cc3B3c4c2cc(-c2ccc(-c5ccc(C67CC8CC(CC(C8)C6)C7)cc5)cc2-c2ccc(C5C6CC7CC(C6)CC5C7)cc2)cc4-n2c4ccc5c6ccccc6c6ccccc6c5c4c4c5c6ccccc6c6ccccc6c5cc3c42)cc1. The Labute approximate surface area is 605 Å². The normalized spacial score (nSPS) is 23.6. The third-order valence-corrected chi connectivity index (χ3v) is 28.3. The minimum Gasteiger partial charge on any atom is -0.311 e. The number of aromatic nitrogens is 1. The molecule has 0 saturated heterocycles. The van der Waals surface area contributed by atoms with E-state index < -0.39 is 0 Å². The van der Waals surface area contributed by atoms with Crippen molar-refractivity contribution in [2.45, 2.75) is 134 Å². The first-order valence-electron chi connectivity index (χ1n) is 39.4. The summed E-state index contributed by atoms with van der Waals surface area (Å²) in [5.74, 6) is 6.95. The molecule has 500 valence electrons. The lowest BCUT2D eigenvalue weighted by molar-refractivity contribution is -0.00518. The zero-order chi connectivity index (χ0) is 68.3. The zero-order valence-corrected chi connectivity index (χ0v) is 60.4. The molecule has 3 heterocycles. The fourth-order valence-corrected chi connectivity index (χ4v) is 24.5. The van der Waals surface area contributed by atoms with Gasteiger partial charge in [-0.05, 0) is 303 Å². The van der Waals surface area contributed by atoms with Gasteiger partial charge in [0.05, 0.1) is 11.0 Å². The van der Waals surface area contributed by atoms with Crippen LogP contribution in [0.4, 0.5) is 17.1 Å². The second-order valence-corrected chi connectivity index (χ2v) is 36.1. The Bertz CT molecular complexity index is 6090. The fraction of sp³-hybridized carbons (Fsp3) is 0.280. The van der Waals surface area contributed by atoms with E-state index >= 15 is 0 Å². The van der Waals surface area contributed by atoms with E-state index in [9.17, 15) is 0 Å². The van der Waals surface area contributed by atoms with Crippen molar-refractivity contribution in [3.05, 3.63) is 259 Å². The lowest BCUT2D eigenvalue weighted by Gasteiger charge is -2.57. The van der Waals surface area contributed by atoms with E-state index in [2.05, 4.69) is 288 Å². The second-order valence-electron chi connectivity index (χ2n) is 36.1. The molecule has 10 aliphatic rings. The van der Waals surface area contributed by atoms with Gasteiger partial charge in [-0.25, -0.2) is 0 Å². The van der Waals surface area contributed by atoms with Crippen LogP contribution >= 0.6 is 0 Å². The summed E-state index contributed by atoms with van der Waals surface area (Å²) >= 11 is 0. The summed E-state index contributed by atoms with van der Waals surface area (Å²) < 4.78 is 2.80. The first-order chi connectivity index (χ1) is 50.2. The lowest BCUT2D eigenvalue weighted by Crippen LogP contribution is -2.60. The summed E-state index contributed by atoms with van der Waals surface area (Å²) in [6, 6.07) is 95.3. The molecule has 0 radical (unpaired) electrons. The highest BCUT2D eigenvalue weighted by molar-refractivity contribution is 7.00. The van der Waals surface area contributed by atoms with E-state index in [-0.39, 0.29) is 17.5 Å². The van der Waals surface area contributed by atoms with E-state index in [0.717, 1.165) is 41.4 Å². The molecule has 0 amide bonds. The monoisotopic (exact) mass is 1330 g/mol. The molecular formula is C100H87BN2. The molecular weight excluding hydrogens is 1240 g/mol. The minimum absolute atomic E-state index is 0.0123. The molecule has 25 rings (SSSR count). The molecule has 0 N–H and O–H groups in total. The smallest absolute Gasteiger partial charge is 0.252 e. The highest BCUT2D eigenvalue weighted by atomic mass is 15.2. The van der Waals surface area contributed by atoms with E-state index in [1.54, 1.807) is 11.1 Å². The van der Waals surface area contributed by atoms with Crippen LogP contribution in [0.2, 0.25) is 0 Å². The van der Waals surface area contributed by atoms with E-state index in [1.807, 2.05) is 0 Å². The Morgan fingerprint density at radius 3 is 1.45 bits per heavy atom. The van der Waals surface area contributed by atoms with E-state index in [0.29, 0.717) is 11.3 Å². The predicted molar refractivity (Wildman–Crippen MR) is 439 cm³/mol. The number of fused-ring (bicyclic) bond motifs is 21. The van der Waals surface area contributed by atoms with Crippen molar-refractivity contribution < 1.29 is 0 Å². The van der Waals surface area contributed by atoms with E-state index in [4.69, 9.17) is 0 Å². The Kier molecular flexibility index (Phi) is 12.3. The largest absolute Gasteiger partial charge is 0.311 e. The molecule has 14 aromatic carbocycles. The molecule has 3 heteroatoms. The molecule has 8 saturated carbocycles. The molecule has 15 aromatic rings. The molecule has 1 aromatic heterocycles. The van der Waals surface area contributed by atoms with Crippen LogP contribution in [0.3, 0.4) is 0 Å². The molecule has 8 fully saturated rings. The molecule has 2 aliphatic heterocycles. The highest BCUT2D eigenvalue weighted by Gasteiger charge is 2.52. The van der Waals surface area contributed by atoms with Crippen LogP contribution in [-0.4, -0.2) is 11.3 Å². The van der Waals surface area contributed by atoms with Crippen LogP contribution in [0.5, 0.6) is 0 Å². The number of rotatable bonds is 6. The first-order valence-corrected chi connectivity index (χ1v) is 39.4. The number of hydrogen-bond donors (Lipinski definition) is 0. The zero-order valence-electron chi connectivity index (χ0n) is 60.4. The highest BCUT2D eigenvalue weighted by Crippen LogP contribution is 2.63. The quantitative estimate of drug-likeness (QED) is 0.119. The van der Waals surface area contributed by atoms with Gasteiger partial charge < -0.3 is 9.47 Å². The van der Waals surface area contributed by atoms with Crippen molar-refractivity contribution in [3.63, 3.8) is 0 Å². The minimum atomic E-state index is -0.111. The van der Waals surface area contributed by atoms with Crippen molar-refractivity contribution in [1.82, 2.24) is 4.57 Å². The summed E-state index contributed by atoms with van der Waals surface area (Å²) in [7, 11) is 0. The van der Waals surface area contributed by atoms with Crippen molar-refractivity contribution in [2.75, 3.05) is 4.90 Å². The van der Waals surface area contributed by atoms with Crippen molar-refractivity contribution in [2.24, 2.45) is 41.4 Å². The van der Waals surface area contributed by atoms with Crippen LogP contribution in [0.25, 0.3) is 126 Å². The molecule has 8 bridgehead atoms. The summed E-state index contributed by atoms with van der Waals surface area (Å²) in [5, 5.41) is 18.3. The number of anilines is 3. The Hall–Kier alpha value is -9.70. The third-order valence-electron chi connectivity index (χ3n) is 28.3. The molecule has 0 unspecified atom stereocenters. The van der Waals surface area contributed by atoms with Crippen molar-refractivity contribution in [3.8, 4) is 39.1 Å². The first kappa shape index (κ1) is 59.8. The second kappa shape index (κ2) is 21.2. The Morgan fingerprint density at radius 1 is 0.350 bits per heavy atom. The maximum absolute atomic E-state index is 2.80.